The number of hydrogen-bond donors (Lipinski definition) is 1. The smallest absolute Gasteiger partial charge is 0.235 e. The highest BCUT2D eigenvalue weighted by atomic mass is 32.2. The summed E-state index contributed by atoms with van der Waals surface area (Å²) in [5.41, 5.74) is 7.02. The van der Waals surface area contributed by atoms with Crippen molar-refractivity contribution in [2.75, 3.05) is 36.8 Å². The molecule has 0 bridgehead atoms. The Balaban J connectivity index is 1.56. The van der Waals surface area contributed by atoms with Gasteiger partial charge in [0.25, 0.3) is 0 Å². The van der Waals surface area contributed by atoms with Crippen molar-refractivity contribution < 1.29 is 9.18 Å². The molecule has 0 aromatic heterocycles. The van der Waals surface area contributed by atoms with Gasteiger partial charge in [-0.05, 0) is 43.3 Å². The standard InChI is InChI=1S/C19H22FN3OS/c1-14(25-16-8-6-15(21)7-9-16)19(24)23-12-10-22(11-13-23)18-5-3-2-4-17(18)20/h2-9,14H,10-13,21H2,1H3. The maximum absolute atomic E-state index is 13.9. The van der Waals surface area contributed by atoms with E-state index in [-0.39, 0.29) is 17.0 Å². The molecule has 0 saturated carbocycles. The van der Waals surface area contributed by atoms with E-state index < -0.39 is 0 Å². The molecule has 3 rings (SSSR count). The summed E-state index contributed by atoms with van der Waals surface area (Å²) in [5.74, 6) is -0.0930. The van der Waals surface area contributed by atoms with Crippen LogP contribution in [0.2, 0.25) is 0 Å². The lowest BCUT2D eigenvalue weighted by atomic mass is 10.2. The van der Waals surface area contributed by atoms with Crippen molar-refractivity contribution in [3.63, 3.8) is 0 Å². The fourth-order valence-corrected chi connectivity index (χ4v) is 3.89. The van der Waals surface area contributed by atoms with Crippen molar-refractivity contribution in [2.45, 2.75) is 17.1 Å². The summed E-state index contributed by atoms with van der Waals surface area (Å²) in [7, 11) is 0. The molecule has 132 valence electrons. The molecule has 0 radical (unpaired) electrons. The van der Waals surface area contributed by atoms with E-state index in [1.807, 2.05) is 47.1 Å². The van der Waals surface area contributed by atoms with Crippen LogP contribution in [0, 0.1) is 5.82 Å². The molecule has 2 aromatic carbocycles. The van der Waals surface area contributed by atoms with Gasteiger partial charge in [0.2, 0.25) is 5.91 Å². The van der Waals surface area contributed by atoms with Crippen molar-refractivity contribution in [2.24, 2.45) is 0 Å². The third-order valence-electron chi connectivity index (χ3n) is 4.33. The number of benzene rings is 2. The second kappa shape index (κ2) is 7.78. The van der Waals surface area contributed by atoms with E-state index in [2.05, 4.69) is 0 Å². The van der Waals surface area contributed by atoms with Crippen molar-refractivity contribution in [1.82, 2.24) is 4.90 Å². The Bertz CT molecular complexity index is 730. The molecule has 2 aromatic rings. The zero-order valence-electron chi connectivity index (χ0n) is 14.2. The van der Waals surface area contributed by atoms with Gasteiger partial charge in [0.1, 0.15) is 5.82 Å². The molecule has 1 aliphatic rings. The number of hydrogen-bond acceptors (Lipinski definition) is 4. The molecule has 25 heavy (non-hydrogen) atoms. The van der Waals surface area contributed by atoms with Crippen molar-refractivity contribution in [3.8, 4) is 0 Å². The van der Waals surface area contributed by atoms with Crippen LogP contribution in [0.3, 0.4) is 0 Å². The summed E-state index contributed by atoms with van der Waals surface area (Å²) in [6.45, 7) is 4.43. The molecule has 4 nitrogen and oxygen atoms in total. The predicted octanol–water partition coefficient (Wildman–Crippen LogP) is 3.24. The number of nitrogen functional groups attached to an aromatic ring is 1. The Morgan fingerprint density at radius 2 is 1.72 bits per heavy atom. The minimum atomic E-state index is -0.213. The Morgan fingerprint density at radius 3 is 2.36 bits per heavy atom. The molecular weight excluding hydrogens is 337 g/mol. The van der Waals surface area contributed by atoms with Crippen molar-refractivity contribution >= 4 is 29.0 Å². The fourth-order valence-electron chi connectivity index (χ4n) is 2.93. The van der Waals surface area contributed by atoms with Crippen LogP contribution in [0.15, 0.2) is 53.4 Å². The SMILES string of the molecule is CC(Sc1ccc(N)cc1)C(=O)N1CCN(c2ccccc2F)CC1. The zero-order chi connectivity index (χ0) is 17.8. The van der Waals surface area contributed by atoms with Crippen LogP contribution >= 0.6 is 11.8 Å². The molecule has 1 saturated heterocycles. The van der Waals surface area contributed by atoms with Crippen molar-refractivity contribution in [3.05, 3.63) is 54.3 Å². The lowest BCUT2D eigenvalue weighted by molar-refractivity contribution is -0.130. The lowest BCUT2D eigenvalue weighted by Crippen LogP contribution is -2.50. The number of rotatable bonds is 4. The monoisotopic (exact) mass is 359 g/mol. The Morgan fingerprint density at radius 1 is 1.08 bits per heavy atom. The third kappa shape index (κ3) is 4.25. The highest BCUT2D eigenvalue weighted by Gasteiger charge is 2.26. The van der Waals surface area contributed by atoms with Crippen LogP contribution in [0.1, 0.15) is 6.92 Å². The molecule has 2 N–H and O–H groups in total. The molecule has 0 aliphatic carbocycles. The summed E-state index contributed by atoms with van der Waals surface area (Å²) >= 11 is 1.53. The zero-order valence-corrected chi connectivity index (χ0v) is 15.0. The summed E-state index contributed by atoms with van der Waals surface area (Å²) in [6, 6.07) is 14.3. The molecule has 1 heterocycles. The number of carbonyl (C=O) groups is 1. The number of thioether (sulfide) groups is 1. The maximum atomic E-state index is 13.9. The van der Waals surface area contributed by atoms with E-state index >= 15 is 0 Å². The summed E-state index contributed by atoms with van der Waals surface area (Å²) in [4.78, 5) is 17.6. The van der Waals surface area contributed by atoms with Gasteiger partial charge in [-0.25, -0.2) is 4.39 Å². The van der Waals surface area contributed by atoms with Gasteiger partial charge in [-0.15, -0.1) is 11.8 Å². The first-order chi connectivity index (χ1) is 12.0. The van der Waals surface area contributed by atoms with Crippen LogP contribution in [0.5, 0.6) is 0 Å². The normalized spacial score (nSPS) is 15.9. The number of halogens is 1. The molecule has 1 aliphatic heterocycles. The number of nitrogens with two attached hydrogens (primary N) is 1. The average molecular weight is 359 g/mol. The van der Waals surface area contributed by atoms with Crippen LogP contribution in [-0.4, -0.2) is 42.2 Å². The number of anilines is 2. The summed E-state index contributed by atoms with van der Waals surface area (Å²) < 4.78 is 13.9. The van der Waals surface area contributed by atoms with Gasteiger partial charge < -0.3 is 15.5 Å². The van der Waals surface area contributed by atoms with Crippen molar-refractivity contribution in [1.29, 1.82) is 0 Å². The summed E-state index contributed by atoms with van der Waals surface area (Å²) in [5, 5.41) is -0.163. The van der Waals surface area contributed by atoms with Gasteiger partial charge in [-0.1, -0.05) is 12.1 Å². The first-order valence-corrected chi connectivity index (χ1v) is 9.23. The van der Waals surface area contributed by atoms with Gasteiger partial charge in [0.05, 0.1) is 10.9 Å². The van der Waals surface area contributed by atoms with Crippen LogP contribution in [0.4, 0.5) is 15.8 Å². The van der Waals surface area contributed by atoms with Crippen LogP contribution in [0.25, 0.3) is 0 Å². The number of amides is 1. The fraction of sp³-hybridized carbons (Fsp3) is 0.316. The quantitative estimate of drug-likeness (QED) is 0.673. The minimum Gasteiger partial charge on any atom is -0.399 e. The number of nitrogens with zero attached hydrogens (tertiary/aromatic N) is 2. The second-order valence-corrected chi connectivity index (χ2v) is 7.51. The minimum absolute atomic E-state index is 0.120. The molecular formula is C19H22FN3OS. The highest BCUT2D eigenvalue weighted by Crippen LogP contribution is 2.26. The summed E-state index contributed by atoms with van der Waals surface area (Å²) in [6.07, 6.45) is 0. The Kier molecular flexibility index (Phi) is 5.48. The van der Waals surface area contributed by atoms with Crippen LogP contribution < -0.4 is 10.6 Å². The van der Waals surface area contributed by atoms with Gasteiger partial charge in [-0.2, -0.15) is 0 Å². The molecule has 1 fully saturated rings. The first-order valence-electron chi connectivity index (χ1n) is 8.35. The number of carbonyl (C=O) groups excluding carboxylic acids is 1. The first kappa shape index (κ1) is 17.6. The number of piperazine rings is 1. The van der Waals surface area contributed by atoms with Gasteiger partial charge >= 0.3 is 0 Å². The van der Waals surface area contributed by atoms with Gasteiger partial charge in [0, 0.05) is 36.8 Å². The molecule has 6 heteroatoms. The van der Waals surface area contributed by atoms with E-state index in [1.165, 1.54) is 17.8 Å². The maximum Gasteiger partial charge on any atom is 0.235 e. The predicted molar refractivity (Wildman–Crippen MR) is 101 cm³/mol. The van der Waals surface area contributed by atoms with E-state index in [9.17, 15) is 9.18 Å². The largest absolute Gasteiger partial charge is 0.399 e. The van der Waals surface area contributed by atoms with E-state index in [4.69, 9.17) is 5.73 Å². The average Bonchev–Trinajstić information content (AvgIpc) is 2.63. The van der Waals surface area contributed by atoms with Crippen LogP contribution in [-0.2, 0) is 4.79 Å². The molecule has 1 atom stereocenters. The van der Waals surface area contributed by atoms with E-state index in [0.717, 1.165) is 4.90 Å². The van der Waals surface area contributed by atoms with E-state index in [1.54, 1.807) is 12.1 Å². The lowest BCUT2D eigenvalue weighted by Gasteiger charge is -2.37. The molecule has 0 spiro atoms. The Labute approximate surface area is 151 Å². The third-order valence-corrected chi connectivity index (χ3v) is 5.42. The van der Waals surface area contributed by atoms with Gasteiger partial charge in [-0.3, -0.25) is 4.79 Å². The highest BCUT2D eigenvalue weighted by molar-refractivity contribution is 8.00. The van der Waals surface area contributed by atoms with E-state index in [0.29, 0.717) is 37.6 Å². The molecule has 1 unspecified atom stereocenters. The second-order valence-electron chi connectivity index (χ2n) is 6.09. The number of para-hydroxylation sites is 1. The van der Waals surface area contributed by atoms with Gasteiger partial charge in [0.15, 0.2) is 0 Å². The Hall–Kier alpha value is -2.21. The topological polar surface area (TPSA) is 49.6 Å². The molecule has 1 amide bonds.